The first-order valence-corrected chi connectivity index (χ1v) is 11.4. The molecule has 1 saturated heterocycles. The molecule has 0 unspecified atom stereocenters. The molecule has 3 aromatic heterocycles. The van der Waals surface area contributed by atoms with E-state index in [-0.39, 0.29) is 11.6 Å². The molecule has 1 aliphatic heterocycles. The summed E-state index contributed by atoms with van der Waals surface area (Å²) in [5.74, 6) is 0.858. The molecule has 1 fully saturated rings. The quantitative estimate of drug-likeness (QED) is 0.549. The first kappa shape index (κ1) is 19.3. The highest BCUT2D eigenvalue weighted by Crippen LogP contribution is 2.33. The van der Waals surface area contributed by atoms with Gasteiger partial charge in [-0.15, -0.1) is 11.3 Å². The van der Waals surface area contributed by atoms with Crippen molar-refractivity contribution in [2.75, 3.05) is 18.0 Å². The van der Waals surface area contributed by atoms with Crippen molar-refractivity contribution in [3.63, 3.8) is 0 Å². The molecule has 6 nitrogen and oxygen atoms in total. The van der Waals surface area contributed by atoms with E-state index in [2.05, 4.69) is 46.9 Å². The minimum Gasteiger partial charge on any atom is -0.341 e. The van der Waals surface area contributed by atoms with E-state index in [4.69, 9.17) is 10.7 Å². The average Bonchev–Trinajstić information content (AvgIpc) is 3.29. The number of aromatic nitrogens is 3. The van der Waals surface area contributed by atoms with Crippen molar-refractivity contribution in [2.45, 2.75) is 39.3 Å². The van der Waals surface area contributed by atoms with Gasteiger partial charge in [-0.05, 0) is 37.8 Å². The summed E-state index contributed by atoms with van der Waals surface area (Å²) >= 11 is 1.67. The van der Waals surface area contributed by atoms with Gasteiger partial charge in [-0.1, -0.05) is 24.3 Å². The fourth-order valence-electron chi connectivity index (χ4n) is 4.68. The van der Waals surface area contributed by atoms with Gasteiger partial charge in [-0.2, -0.15) is 0 Å². The number of pyridine rings is 1. The number of piperidine rings is 1. The van der Waals surface area contributed by atoms with Gasteiger partial charge < -0.3 is 19.8 Å². The van der Waals surface area contributed by atoms with Crippen LogP contribution in [0.2, 0.25) is 0 Å². The number of benzene rings is 1. The largest absolute Gasteiger partial charge is 0.341 e. The maximum Gasteiger partial charge on any atom is 0.277 e. The lowest BCUT2D eigenvalue weighted by atomic mass is 10.1. The molecule has 0 amide bonds. The molecule has 7 heteroatoms. The highest BCUT2D eigenvalue weighted by atomic mass is 32.1. The number of fused-ring (bicyclic) bond motifs is 3. The molecule has 0 radical (unpaired) electrons. The third kappa shape index (κ3) is 2.96. The van der Waals surface area contributed by atoms with Crippen LogP contribution in [-0.2, 0) is 13.6 Å². The molecule has 4 heterocycles. The monoisotopic (exact) mass is 421 g/mol. The SMILES string of the molecule is Cc1ccccc1Cn1c(N2CCC[C@@H](N)C2)nc2c3csc(C)c3n(C)c(=O)c21. The number of imidazole rings is 1. The number of nitrogens with two attached hydrogens (primary N) is 1. The molecule has 1 atom stereocenters. The van der Waals surface area contributed by atoms with Crippen LogP contribution in [0.4, 0.5) is 5.95 Å². The van der Waals surface area contributed by atoms with Crippen molar-refractivity contribution < 1.29 is 0 Å². The zero-order valence-electron chi connectivity index (χ0n) is 17.7. The summed E-state index contributed by atoms with van der Waals surface area (Å²) in [6.07, 6.45) is 2.07. The lowest BCUT2D eigenvalue weighted by Gasteiger charge is -2.32. The molecule has 2 N–H and O–H groups in total. The molecule has 156 valence electrons. The van der Waals surface area contributed by atoms with Crippen molar-refractivity contribution in [1.29, 1.82) is 0 Å². The molecule has 0 aliphatic carbocycles. The Hall–Kier alpha value is -2.64. The van der Waals surface area contributed by atoms with Gasteiger partial charge in [0.1, 0.15) is 11.0 Å². The summed E-state index contributed by atoms with van der Waals surface area (Å²) in [6, 6.07) is 8.48. The summed E-state index contributed by atoms with van der Waals surface area (Å²) in [5, 5.41) is 3.18. The van der Waals surface area contributed by atoms with E-state index < -0.39 is 0 Å². The van der Waals surface area contributed by atoms with Gasteiger partial charge in [-0.3, -0.25) is 4.79 Å². The van der Waals surface area contributed by atoms with Crippen LogP contribution in [0.1, 0.15) is 28.8 Å². The van der Waals surface area contributed by atoms with E-state index in [0.717, 1.165) is 53.2 Å². The Bertz CT molecular complexity index is 1310. The predicted molar refractivity (Wildman–Crippen MR) is 125 cm³/mol. The van der Waals surface area contributed by atoms with Gasteiger partial charge in [0.2, 0.25) is 5.95 Å². The Morgan fingerprint density at radius 3 is 2.80 bits per heavy atom. The van der Waals surface area contributed by atoms with Crippen LogP contribution in [0.5, 0.6) is 0 Å². The zero-order valence-corrected chi connectivity index (χ0v) is 18.5. The van der Waals surface area contributed by atoms with Crippen molar-refractivity contribution in [2.24, 2.45) is 12.8 Å². The molecular formula is C23H27N5OS. The number of nitrogens with zero attached hydrogens (tertiary/aromatic N) is 4. The molecule has 4 aromatic rings. The van der Waals surface area contributed by atoms with Crippen LogP contribution in [0.3, 0.4) is 0 Å². The minimum absolute atomic E-state index is 0.00708. The lowest BCUT2D eigenvalue weighted by Crippen LogP contribution is -2.44. The van der Waals surface area contributed by atoms with Crippen LogP contribution < -0.4 is 16.2 Å². The standard InChI is InChI=1S/C23H27N5OS/c1-14-7-4-5-8-16(14)11-28-21-19(25-23(28)27-10-6-9-17(24)12-27)18-13-30-15(2)20(18)26(3)22(21)29/h4-5,7-8,13,17H,6,9-12,24H2,1-3H3/t17-/m1/s1. The number of hydrogen-bond donors (Lipinski definition) is 1. The second kappa shape index (κ2) is 7.25. The number of rotatable bonds is 3. The van der Waals surface area contributed by atoms with E-state index in [1.54, 1.807) is 15.9 Å². The van der Waals surface area contributed by atoms with E-state index in [1.165, 1.54) is 11.1 Å². The van der Waals surface area contributed by atoms with Gasteiger partial charge in [0.25, 0.3) is 5.56 Å². The third-order valence-electron chi connectivity index (χ3n) is 6.32. The van der Waals surface area contributed by atoms with Gasteiger partial charge in [0.05, 0.1) is 12.1 Å². The maximum atomic E-state index is 13.5. The van der Waals surface area contributed by atoms with E-state index >= 15 is 0 Å². The van der Waals surface area contributed by atoms with E-state index in [9.17, 15) is 4.79 Å². The highest BCUT2D eigenvalue weighted by molar-refractivity contribution is 7.11. The molecule has 0 bridgehead atoms. The topological polar surface area (TPSA) is 69.1 Å². The Morgan fingerprint density at radius 1 is 1.23 bits per heavy atom. The maximum absolute atomic E-state index is 13.5. The van der Waals surface area contributed by atoms with Gasteiger partial charge in [0.15, 0.2) is 0 Å². The molecule has 5 rings (SSSR count). The lowest BCUT2D eigenvalue weighted by molar-refractivity contribution is 0.495. The van der Waals surface area contributed by atoms with Crippen molar-refractivity contribution in [1.82, 2.24) is 14.1 Å². The predicted octanol–water partition coefficient (Wildman–Crippen LogP) is 3.54. The molecule has 30 heavy (non-hydrogen) atoms. The van der Waals surface area contributed by atoms with Crippen LogP contribution in [-0.4, -0.2) is 33.2 Å². The van der Waals surface area contributed by atoms with Crippen LogP contribution >= 0.6 is 11.3 Å². The average molecular weight is 422 g/mol. The van der Waals surface area contributed by atoms with Crippen LogP contribution in [0, 0.1) is 13.8 Å². The third-order valence-corrected chi connectivity index (χ3v) is 7.22. The Labute approximate surface area is 179 Å². The van der Waals surface area contributed by atoms with Gasteiger partial charge in [0, 0.05) is 41.8 Å². The second-order valence-electron chi connectivity index (χ2n) is 8.39. The summed E-state index contributed by atoms with van der Waals surface area (Å²) in [4.78, 5) is 22.0. The van der Waals surface area contributed by atoms with E-state index in [1.807, 2.05) is 13.1 Å². The number of thiophene rings is 1. The van der Waals surface area contributed by atoms with Gasteiger partial charge >= 0.3 is 0 Å². The van der Waals surface area contributed by atoms with Crippen molar-refractivity contribution in [3.8, 4) is 0 Å². The molecular weight excluding hydrogens is 394 g/mol. The summed E-state index contributed by atoms with van der Waals surface area (Å²) in [7, 11) is 1.87. The van der Waals surface area contributed by atoms with E-state index in [0.29, 0.717) is 12.1 Å². The first-order chi connectivity index (χ1) is 14.5. The smallest absolute Gasteiger partial charge is 0.277 e. The summed E-state index contributed by atoms with van der Waals surface area (Å²) < 4.78 is 3.90. The first-order valence-electron chi connectivity index (χ1n) is 10.5. The van der Waals surface area contributed by atoms with Crippen LogP contribution in [0.15, 0.2) is 34.4 Å². The fourth-order valence-corrected chi connectivity index (χ4v) is 5.56. The normalized spacial score (nSPS) is 17.3. The molecule has 1 aromatic carbocycles. The minimum atomic E-state index is 0.00708. The molecule has 1 aliphatic rings. The molecule has 0 spiro atoms. The summed E-state index contributed by atoms with van der Waals surface area (Å²) in [6.45, 7) is 6.48. The second-order valence-corrected chi connectivity index (χ2v) is 9.47. The highest BCUT2D eigenvalue weighted by Gasteiger charge is 2.26. The summed E-state index contributed by atoms with van der Waals surface area (Å²) in [5.41, 5.74) is 11.2. The number of hydrogen-bond acceptors (Lipinski definition) is 5. The van der Waals surface area contributed by atoms with Crippen LogP contribution in [0.25, 0.3) is 21.9 Å². The number of aryl methyl sites for hydroxylation is 3. The van der Waals surface area contributed by atoms with Crippen molar-refractivity contribution >= 4 is 39.2 Å². The zero-order chi connectivity index (χ0) is 21.0. The molecule has 0 saturated carbocycles. The fraction of sp³-hybridized carbons (Fsp3) is 0.391. The Kier molecular flexibility index (Phi) is 4.67. The Morgan fingerprint density at radius 2 is 2.03 bits per heavy atom. The Balaban J connectivity index is 1.81. The number of anilines is 1. The van der Waals surface area contributed by atoms with Gasteiger partial charge in [-0.25, -0.2) is 4.98 Å². The van der Waals surface area contributed by atoms with Crippen molar-refractivity contribution in [3.05, 3.63) is 56.0 Å².